The molecule has 0 saturated heterocycles. The van der Waals surface area contributed by atoms with Crippen LogP contribution >= 0.6 is 0 Å². The van der Waals surface area contributed by atoms with Crippen molar-refractivity contribution >= 4 is 0 Å². The van der Waals surface area contributed by atoms with Gasteiger partial charge in [-0.15, -0.1) is 0 Å². The van der Waals surface area contributed by atoms with Crippen LogP contribution in [0.1, 0.15) is 27.2 Å². The van der Waals surface area contributed by atoms with Crippen molar-refractivity contribution < 1.29 is 0 Å². The molecule has 4 N–H and O–H groups in total. The van der Waals surface area contributed by atoms with Crippen LogP contribution in [0.3, 0.4) is 0 Å². The van der Waals surface area contributed by atoms with E-state index in [2.05, 4.69) is 20.8 Å². The lowest BCUT2D eigenvalue weighted by Gasteiger charge is -2.30. The van der Waals surface area contributed by atoms with Crippen molar-refractivity contribution in [3.8, 4) is 0 Å². The van der Waals surface area contributed by atoms with E-state index in [0.717, 1.165) is 19.5 Å². The predicted octanol–water partition coefficient (Wildman–Crippen LogP) is 0.956. The predicted molar refractivity (Wildman–Crippen MR) is 45.7 cm³/mol. The molecule has 62 valence electrons. The van der Waals surface area contributed by atoms with Gasteiger partial charge in [0.1, 0.15) is 0 Å². The van der Waals surface area contributed by atoms with Crippen molar-refractivity contribution in [2.24, 2.45) is 22.8 Å². The van der Waals surface area contributed by atoms with Gasteiger partial charge in [0.15, 0.2) is 0 Å². The molecule has 1 unspecified atom stereocenters. The molecule has 0 spiro atoms. The molecule has 2 heteroatoms. The summed E-state index contributed by atoms with van der Waals surface area (Å²) in [5, 5.41) is 0. The standard InChI is InChI=1S/C8H20N2/c1-7(6-10)8(2,3)4-5-9/h7H,4-6,9-10H2,1-3H3. The van der Waals surface area contributed by atoms with Gasteiger partial charge in [-0.05, 0) is 30.8 Å². The monoisotopic (exact) mass is 144 g/mol. The summed E-state index contributed by atoms with van der Waals surface area (Å²) in [6.07, 6.45) is 1.06. The van der Waals surface area contributed by atoms with Gasteiger partial charge in [0.2, 0.25) is 0 Å². The van der Waals surface area contributed by atoms with Crippen LogP contribution in [0.4, 0.5) is 0 Å². The summed E-state index contributed by atoms with van der Waals surface area (Å²) < 4.78 is 0. The summed E-state index contributed by atoms with van der Waals surface area (Å²) in [6, 6.07) is 0. The van der Waals surface area contributed by atoms with Gasteiger partial charge in [-0.1, -0.05) is 20.8 Å². The molecule has 0 radical (unpaired) electrons. The Hall–Kier alpha value is -0.0800. The lowest BCUT2D eigenvalue weighted by atomic mass is 9.77. The van der Waals surface area contributed by atoms with E-state index in [1.807, 2.05) is 0 Å². The summed E-state index contributed by atoms with van der Waals surface area (Å²) in [7, 11) is 0. The number of rotatable bonds is 4. The maximum atomic E-state index is 5.55. The Labute approximate surface area is 64.0 Å². The first-order valence-corrected chi connectivity index (χ1v) is 3.94. The molecule has 0 bridgehead atoms. The van der Waals surface area contributed by atoms with Crippen molar-refractivity contribution in [1.82, 2.24) is 0 Å². The van der Waals surface area contributed by atoms with Crippen molar-refractivity contribution in [1.29, 1.82) is 0 Å². The Morgan fingerprint density at radius 2 is 1.80 bits per heavy atom. The molecule has 0 aliphatic carbocycles. The third-order valence-electron chi connectivity index (χ3n) is 2.48. The Morgan fingerprint density at radius 1 is 1.30 bits per heavy atom. The highest BCUT2D eigenvalue weighted by Gasteiger charge is 2.23. The molecule has 1 atom stereocenters. The van der Waals surface area contributed by atoms with Crippen LogP contribution in [-0.4, -0.2) is 13.1 Å². The summed E-state index contributed by atoms with van der Waals surface area (Å²) in [5.74, 6) is 0.566. The van der Waals surface area contributed by atoms with Crippen LogP contribution in [0, 0.1) is 11.3 Å². The lowest BCUT2D eigenvalue weighted by Crippen LogP contribution is -2.30. The highest BCUT2D eigenvalue weighted by atomic mass is 14.6. The normalized spacial score (nSPS) is 15.3. The highest BCUT2D eigenvalue weighted by molar-refractivity contribution is 4.75. The van der Waals surface area contributed by atoms with Gasteiger partial charge in [0.25, 0.3) is 0 Å². The summed E-state index contributed by atoms with van der Waals surface area (Å²) >= 11 is 0. The maximum Gasteiger partial charge on any atom is -0.00464 e. The van der Waals surface area contributed by atoms with E-state index >= 15 is 0 Å². The second-order valence-electron chi connectivity index (χ2n) is 3.66. The fraction of sp³-hybridized carbons (Fsp3) is 1.00. The fourth-order valence-electron chi connectivity index (χ4n) is 0.937. The molecule has 0 aliphatic rings. The molecule has 0 aliphatic heterocycles. The van der Waals surface area contributed by atoms with E-state index in [1.54, 1.807) is 0 Å². The first-order valence-electron chi connectivity index (χ1n) is 3.94. The second kappa shape index (κ2) is 3.94. The summed E-state index contributed by atoms with van der Waals surface area (Å²) in [5.41, 5.74) is 11.3. The van der Waals surface area contributed by atoms with E-state index in [1.165, 1.54) is 0 Å². The smallest absolute Gasteiger partial charge is 0.00464 e. The molecular weight excluding hydrogens is 124 g/mol. The van der Waals surface area contributed by atoms with Crippen LogP contribution in [-0.2, 0) is 0 Å². The van der Waals surface area contributed by atoms with Crippen LogP contribution < -0.4 is 11.5 Å². The Kier molecular flexibility index (Phi) is 3.91. The van der Waals surface area contributed by atoms with Crippen molar-refractivity contribution in [3.05, 3.63) is 0 Å². The van der Waals surface area contributed by atoms with Crippen LogP contribution in [0.25, 0.3) is 0 Å². The fourth-order valence-corrected chi connectivity index (χ4v) is 0.937. The minimum Gasteiger partial charge on any atom is -0.330 e. The highest BCUT2D eigenvalue weighted by Crippen LogP contribution is 2.28. The Balaban J connectivity index is 3.82. The van der Waals surface area contributed by atoms with E-state index in [4.69, 9.17) is 11.5 Å². The summed E-state index contributed by atoms with van der Waals surface area (Å²) in [4.78, 5) is 0. The van der Waals surface area contributed by atoms with E-state index in [0.29, 0.717) is 11.3 Å². The molecule has 10 heavy (non-hydrogen) atoms. The Bertz CT molecular complexity index is 89.3. The second-order valence-corrected chi connectivity index (χ2v) is 3.66. The van der Waals surface area contributed by atoms with Crippen LogP contribution in [0.15, 0.2) is 0 Å². The van der Waals surface area contributed by atoms with Gasteiger partial charge in [-0.25, -0.2) is 0 Å². The van der Waals surface area contributed by atoms with Gasteiger partial charge < -0.3 is 11.5 Å². The van der Waals surface area contributed by atoms with Crippen LogP contribution in [0.5, 0.6) is 0 Å². The Morgan fingerprint density at radius 3 is 2.10 bits per heavy atom. The molecule has 0 aromatic heterocycles. The largest absolute Gasteiger partial charge is 0.330 e. The third kappa shape index (κ3) is 2.67. The average Bonchev–Trinajstić information content (AvgIpc) is 1.86. The van der Waals surface area contributed by atoms with Crippen molar-refractivity contribution in [3.63, 3.8) is 0 Å². The van der Waals surface area contributed by atoms with Crippen molar-refractivity contribution in [2.75, 3.05) is 13.1 Å². The first kappa shape index (κ1) is 9.92. The molecular formula is C8H20N2. The van der Waals surface area contributed by atoms with E-state index in [9.17, 15) is 0 Å². The molecule has 0 aromatic rings. The van der Waals surface area contributed by atoms with E-state index in [-0.39, 0.29) is 0 Å². The molecule has 0 amide bonds. The average molecular weight is 144 g/mol. The van der Waals surface area contributed by atoms with Crippen LogP contribution in [0.2, 0.25) is 0 Å². The SMILES string of the molecule is CC(CN)C(C)(C)CCN. The minimum absolute atomic E-state index is 0.309. The quantitative estimate of drug-likeness (QED) is 0.617. The van der Waals surface area contributed by atoms with Crippen molar-refractivity contribution in [2.45, 2.75) is 27.2 Å². The summed E-state index contributed by atoms with van der Waals surface area (Å²) in [6.45, 7) is 8.13. The van der Waals surface area contributed by atoms with Gasteiger partial charge in [0, 0.05) is 0 Å². The molecule has 0 aromatic carbocycles. The van der Waals surface area contributed by atoms with Gasteiger partial charge in [-0.2, -0.15) is 0 Å². The zero-order chi connectivity index (χ0) is 8.20. The van der Waals surface area contributed by atoms with E-state index < -0.39 is 0 Å². The lowest BCUT2D eigenvalue weighted by molar-refractivity contribution is 0.222. The van der Waals surface area contributed by atoms with Gasteiger partial charge in [0.05, 0.1) is 0 Å². The minimum atomic E-state index is 0.309. The number of hydrogen-bond acceptors (Lipinski definition) is 2. The molecule has 2 nitrogen and oxygen atoms in total. The van der Waals surface area contributed by atoms with Gasteiger partial charge in [-0.3, -0.25) is 0 Å². The zero-order valence-corrected chi connectivity index (χ0v) is 7.35. The first-order chi connectivity index (χ1) is 4.54. The topological polar surface area (TPSA) is 52.0 Å². The maximum absolute atomic E-state index is 5.55. The molecule has 0 fully saturated rings. The number of nitrogens with two attached hydrogens (primary N) is 2. The van der Waals surface area contributed by atoms with Gasteiger partial charge >= 0.3 is 0 Å². The molecule has 0 rings (SSSR count). The molecule has 0 saturated carbocycles. The third-order valence-corrected chi connectivity index (χ3v) is 2.48. The number of hydrogen-bond donors (Lipinski definition) is 2. The molecule has 0 heterocycles. The zero-order valence-electron chi connectivity index (χ0n) is 7.35.